The first-order valence-corrected chi connectivity index (χ1v) is 9.51. The number of aliphatic hydroxyl groups excluding tert-OH is 1. The number of aliphatic hydroxyl groups is 1. The largest absolute Gasteiger partial charge is 0.391 e. The molecule has 0 saturated heterocycles. The van der Waals surface area contributed by atoms with E-state index in [0.29, 0.717) is 18.5 Å². The Balaban J connectivity index is 1.64. The van der Waals surface area contributed by atoms with Crippen LogP contribution in [0.3, 0.4) is 0 Å². The third-order valence-corrected chi connectivity index (χ3v) is 5.28. The molecule has 4 nitrogen and oxygen atoms in total. The number of benzene rings is 2. The van der Waals surface area contributed by atoms with Crippen LogP contribution >= 0.6 is 0 Å². The summed E-state index contributed by atoms with van der Waals surface area (Å²) in [4.78, 5) is 4.08. The van der Waals surface area contributed by atoms with E-state index in [1.807, 2.05) is 60.4 Å². The Kier molecular flexibility index (Phi) is 4.77. The molecule has 0 aromatic heterocycles. The molecule has 2 aliphatic rings. The van der Waals surface area contributed by atoms with Crippen molar-refractivity contribution in [1.82, 2.24) is 0 Å². The summed E-state index contributed by atoms with van der Waals surface area (Å²) < 4.78 is 0. The van der Waals surface area contributed by atoms with E-state index in [2.05, 4.69) is 29.7 Å². The molecule has 0 radical (unpaired) electrons. The topological polar surface area (TPSA) is 50.5 Å². The number of aryl methyl sites for hydroxylation is 1. The van der Waals surface area contributed by atoms with Crippen LogP contribution in [0.25, 0.3) is 0 Å². The summed E-state index contributed by atoms with van der Waals surface area (Å²) >= 11 is 0. The molecule has 0 aliphatic carbocycles. The number of rotatable bonds is 5. The molecule has 4 rings (SSSR count). The fourth-order valence-electron chi connectivity index (χ4n) is 3.93. The van der Waals surface area contributed by atoms with Gasteiger partial charge in [0, 0.05) is 5.70 Å². The van der Waals surface area contributed by atoms with Crippen molar-refractivity contribution in [2.24, 2.45) is 0 Å². The first kappa shape index (κ1) is 18.1. The van der Waals surface area contributed by atoms with Gasteiger partial charge in [-0.1, -0.05) is 49.0 Å². The van der Waals surface area contributed by atoms with E-state index in [1.165, 1.54) is 5.56 Å². The van der Waals surface area contributed by atoms with Crippen molar-refractivity contribution in [2.45, 2.75) is 25.9 Å². The number of β-amino-alcohol motifs (C(OH)–C–C–N with tert-alkyl or cyclic N) is 1. The SMILES string of the molecule is C=C1C=C(C)C(C#N)=C2N(CC(O)CCc3ccccc3)c3ccccc3N12. The summed E-state index contributed by atoms with van der Waals surface area (Å²) in [7, 11) is 0. The first-order valence-electron chi connectivity index (χ1n) is 9.51. The average Bonchev–Trinajstić information content (AvgIpc) is 3.02. The summed E-state index contributed by atoms with van der Waals surface area (Å²) in [6.45, 7) is 6.54. The van der Waals surface area contributed by atoms with Crippen molar-refractivity contribution in [3.05, 3.63) is 95.5 Å². The molecule has 2 aromatic carbocycles. The molecule has 0 spiro atoms. The Hall–Kier alpha value is -3.29. The van der Waals surface area contributed by atoms with Gasteiger partial charge in [0.25, 0.3) is 0 Å². The lowest BCUT2D eigenvalue weighted by molar-refractivity contribution is 0.172. The van der Waals surface area contributed by atoms with Gasteiger partial charge in [-0.05, 0) is 49.1 Å². The van der Waals surface area contributed by atoms with Crippen LogP contribution < -0.4 is 9.80 Å². The quantitative estimate of drug-likeness (QED) is 0.842. The van der Waals surface area contributed by atoms with Gasteiger partial charge < -0.3 is 10.0 Å². The molecule has 4 heteroatoms. The predicted octanol–water partition coefficient (Wildman–Crippen LogP) is 4.52. The maximum absolute atomic E-state index is 10.8. The van der Waals surface area contributed by atoms with Gasteiger partial charge in [0.05, 0.1) is 29.6 Å². The molecule has 1 atom stereocenters. The molecule has 2 aromatic rings. The van der Waals surface area contributed by atoms with Gasteiger partial charge in [-0.25, -0.2) is 0 Å². The molecule has 1 N–H and O–H groups in total. The number of nitriles is 1. The van der Waals surface area contributed by atoms with Crippen molar-refractivity contribution in [2.75, 3.05) is 16.3 Å². The van der Waals surface area contributed by atoms with E-state index in [1.54, 1.807) is 0 Å². The zero-order valence-electron chi connectivity index (χ0n) is 16.0. The monoisotopic (exact) mass is 369 g/mol. The van der Waals surface area contributed by atoms with Crippen LogP contribution in [0.4, 0.5) is 11.4 Å². The van der Waals surface area contributed by atoms with E-state index >= 15 is 0 Å². The molecule has 2 aliphatic heterocycles. The number of fused-ring (bicyclic) bond motifs is 3. The van der Waals surface area contributed by atoms with Gasteiger partial charge in [0.15, 0.2) is 0 Å². The van der Waals surface area contributed by atoms with E-state index in [9.17, 15) is 10.4 Å². The highest BCUT2D eigenvalue weighted by Crippen LogP contribution is 2.47. The molecular weight excluding hydrogens is 346 g/mol. The van der Waals surface area contributed by atoms with Crippen LogP contribution in [-0.4, -0.2) is 17.8 Å². The lowest BCUT2D eigenvalue weighted by atomic mass is 10.0. The van der Waals surface area contributed by atoms with Crippen LogP contribution in [0.1, 0.15) is 18.9 Å². The number of allylic oxidation sites excluding steroid dienone is 3. The maximum atomic E-state index is 10.8. The highest BCUT2D eigenvalue weighted by Gasteiger charge is 2.37. The highest BCUT2D eigenvalue weighted by atomic mass is 16.3. The molecule has 0 saturated carbocycles. The normalized spacial score (nSPS) is 16.5. The summed E-state index contributed by atoms with van der Waals surface area (Å²) in [5.74, 6) is 0.799. The molecule has 0 bridgehead atoms. The van der Waals surface area contributed by atoms with Gasteiger partial charge in [0.1, 0.15) is 11.9 Å². The summed E-state index contributed by atoms with van der Waals surface area (Å²) in [5, 5.41) is 20.6. The van der Waals surface area contributed by atoms with Crippen LogP contribution in [0.5, 0.6) is 0 Å². The Morgan fingerprint density at radius 1 is 1.07 bits per heavy atom. The van der Waals surface area contributed by atoms with Crippen molar-refractivity contribution in [3.63, 3.8) is 0 Å². The zero-order chi connectivity index (χ0) is 19.7. The molecule has 2 heterocycles. The lowest BCUT2D eigenvalue weighted by Gasteiger charge is -2.31. The summed E-state index contributed by atoms with van der Waals surface area (Å²) in [5.41, 5.74) is 5.56. The Morgan fingerprint density at radius 2 is 1.75 bits per heavy atom. The van der Waals surface area contributed by atoms with Crippen LogP contribution in [0.2, 0.25) is 0 Å². The second-order valence-corrected chi connectivity index (χ2v) is 7.24. The molecule has 140 valence electrons. The second-order valence-electron chi connectivity index (χ2n) is 7.24. The minimum absolute atomic E-state index is 0.432. The first-order chi connectivity index (χ1) is 13.6. The molecule has 0 fully saturated rings. The Morgan fingerprint density at radius 3 is 2.46 bits per heavy atom. The minimum atomic E-state index is -0.514. The van der Waals surface area contributed by atoms with Crippen molar-refractivity contribution in [3.8, 4) is 6.07 Å². The minimum Gasteiger partial charge on any atom is -0.391 e. The number of hydrogen-bond acceptors (Lipinski definition) is 4. The van der Waals surface area contributed by atoms with Crippen LogP contribution in [0, 0.1) is 11.3 Å². The van der Waals surface area contributed by atoms with Gasteiger partial charge >= 0.3 is 0 Å². The average molecular weight is 369 g/mol. The van der Waals surface area contributed by atoms with Crippen molar-refractivity contribution in [1.29, 1.82) is 5.26 Å². The molecular formula is C24H23N3O. The van der Waals surface area contributed by atoms with Gasteiger partial charge in [0.2, 0.25) is 0 Å². The number of para-hydroxylation sites is 2. The van der Waals surface area contributed by atoms with Crippen molar-refractivity contribution >= 4 is 11.4 Å². The van der Waals surface area contributed by atoms with Gasteiger partial charge in [-0.15, -0.1) is 0 Å². The Bertz CT molecular complexity index is 1010. The highest BCUT2D eigenvalue weighted by molar-refractivity contribution is 5.88. The fraction of sp³-hybridized carbons (Fsp3) is 0.208. The number of anilines is 2. The fourth-order valence-corrected chi connectivity index (χ4v) is 3.93. The second kappa shape index (κ2) is 7.38. The van der Waals surface area contributed by atoms with E-state index in [0.717, 1.165) is 34.9 Å². The molecule has 28 heavy (non-hydrogen) atoms. The maximum Gasteiger partial charge on any atom is 0.136 e. The van der Waals surface area contributed by atoms with Crippen molar-refractivity contribution < 1.29 is 5.11 Å². The smallest absolute Gasteiger partial charge is 0.136 e. The van der Waals surface area contributed by atoms with E-state index in [4.69, 9.17) is 0 Å². The van der Waals surface area contributed by atoms with Gasteiger partial charge in [-0.2, -0.15) is 5.26 Å². The summed E-state index contributed by atoms with van der Waals surface area (Å²) in [6.07, 6.45) is 2.90. The zero-order valence-corrected chi connectivity index (χ0v) is 16.0. The third kappa shape index (κ3) is 3.11. The van der Waals surface area contributed by atoms with Gasteiger partial charge in [-0.3, -0.25) is 4.90 Å². The third-order valence-electron chi connectivity index (χ3n) is 5.28. The van der Waals surface area contributed by atoms with E-state index in [-0.39, 0.29) is 0 Å². The number of hydrogen-bond donors (Lipinski definition) is 1. The standard InChI is InChI=1S/C24H23N3O/c1-17-14-18(2)27-23-11-7-6-10-22(23)26(24(27)21(17)15-25)16-20(28)13-12-19-8-4-3-5-9-19/h3-11,14,20,28H,2,12-13,16H2,1H3. The molecule has 1 unspecified atom stereocenters. The lowest BCUT2D eigenvalue weighted by Crippen LogP contribution is -2.36. The molecule has 0 amide bonds. The Labute approximate surface area is 165 Å². The predicted molar refractivity (Wildman–Crippen MR) is 113 cm³/mol. The number of nitrogens with zero attached hydrogens (tertiary/aromatic N) is 3. The van der Waals surface area contributed by atoms with E-state index < -0.39 is 6.10 Å². The van der Waals surface area contributed by atoms with Crippen LogP contribution in [-0.2, 0) is 6.42 Å². The summed E-state index contributed by atoms with van der Waals surface area (Å²) in [6, 6.07) is 20.6. The van der Waals surface area contributed by atoms with Crippen LogP contribution in [0.15, 0.2) is 89.9 Å².